The summed E-state index contributed by atoms with van der Waals surface area (Å²) in [5, 5.41) is 8.79. The molecule has 0 amide bonds. The zero-order chi connectivity index (χ0) is 13.8. The highest BCUT2D eigenvalue weighted by Crippen LogP contribution is 2.29. The van der Waals surface area contributed by atoms with Gasteiger partial charge in [0, 0.05) is 10.8 Å². The predicted octanol–water partition coefficient (Wildman–Crippen LogP) is 2.28. The number of para-hydroxylation sites is 1. The molecule has 5 nitrogen and oxygen atoms in total. The summed E-state index contributed by atoms with van der Waals surface area (Å²) in [6.07, 6.45) is 0. The summed E-state index contributed by atoms with van der Waals surface area (Å²) in [5.74, 6) is 0. The third-order valence-electron chi connectivity index (χ3n) is 3.33. The van der Waals surface area contributed by atoms with Crippen LogP contribution >= 0.6 is 0 Å². The Labute approximate surface area is 109 Å². The molecule has 4 N–H and O–H groups in total. The molecule has 0 unspecified atom stereocenters. The van der Waals surface area contributed by atoms with E-state index >= 15 is 0 Å². The van der Waals surface area contributed by atoms with E-state index in [0.717, 1.165) is 11.1 Å². The highest BCUT2D eigenvalue weighted by molar-refractivity contribution is 6.07. The molecule has 5 heteroatoms. The molecule has 0 radical (unpaired) electrons. The lowest BCUT2D eigenvalue weighted by Gasteiger charge is -2.16. The Bertz CT molecular complexity index is 836. The quantitative estimate of drug-likeness (QED) is 0.539. The minimum absolute atomic E-state index is 0.154. The van der Waals surface area contributed by atoms with Crippen molar-refractivity contribution in [2.45, 2.75) is 26.2 Å². The van der Waals surface area contributed by atoms with Gasteiger partial charge in [-0.05, 0) is 6.07 Å². The summed E-state index contributed by atoms with van der Waals surface area (Å²) in [6.45, 7) is 6.13. The second-order valence-corrected chi connectivity index (χ2v) is 5.80. The number of aromatic amines is 2. The van der Waals surface area contributed by atoms with Gasteiger partial charge in [0.05, 0.1) is 22.3 Å². The lowest BCUT2D eigenvalue weighted by molar-refractivity contribution is 0.571. The van der Waals surface area contributed by atoms with E-state index in [-0.39, 0.29) is 11.0 Å². The van der Waals surface area contributed by atoms with Crippen molar-refractivity contribution in [1.82, 2.24) is 15.2 Å². The normalized spacial score (nSPS) is 12.4. The van der Waals surface area contributed by atoms with Crippen LogP contribution in [0.3, 0.4) is 0 Å². The van der Waals surface area contributed by atoms with E-state index in [1.807, 2.05) is 32.9 Å². The van der Waals surface area contributed by atoms with Crippen molar-refractivity contribution in [3.63, 3.8) is 0 Å². The molecule has 3 rings (SSSR count). The van der Waals surface area contributed by atoms with Gasteiger partial charge < -0.3 is 10.7 Å². The SMILES string of the molecule is CC(C)(C)c1[nH]nc2c1c(=O)[nH]c1c(N)cccc12. The fourth-order valence-electron chi connectivity index (χ4n) is 2.38. The summed E-state index contributed by atoms with van der Waals surface area (Å²) < 4.78 is 0. The lowest BCUT2D eigenvalue weighted by Crippen LogP contribution is -2.16. The Morgan fingerprint density at radius 3 is 2.68 bits per heavy atom. The van der Waals surface area contributed by atoms with Gasteiger partial charge in [-0.3, -0.25) is 9.89 Å². The van der Waals surface area contributed by atoms with E-state index in [9.17, 15) is 4.79 Å². The zero-order valence-corrected chi connectivity index (χ0v) is 11.2. The predicted molar refractivity (Wildman–Crippen MR) is 77.3 cm³/mol. The number of pyridine rings is 1. The van der Waals surface area contributed by atoms with Gasteiger partial charge >= 0.3 is 0 Å². The third-order valence-corrected chi connectivity index (χ3v) is 3.33. The highest BCUT2D eigenvalue weighted by Gasteiger charge is 2.23. The molecule has 1 aromatic carbocycles. The largest absolute Gasteiger partial charge is 0.397 e. The van der Waals surface area contributed by atoms with Gasteiger partial charge in [0.25, 0.3) is 5.56 Å². The van der Waals surface area contributed by atoms with Crippen LogP contribution in [-0.4, -0.2) is 15.2 Å². The first-order chi connectivity index (χ1) is 8.89. The van der Waals surface area contributed by atoms with Crippen LogP contribution < -0.4 is 11.3 Å². The summed E-state index contributed by atoms with van der Waals surface area (Å²) in [4.78, 5) is 15.2. The standard InChI is InChI=1S/C14H16N4O/c1-14(2,3)12-9-11(17-18-12)7-5-4-6-8(15)10(7)16-13(9)19/h4-6H,15H2,1-3H3,(H,16,19)(H,17,18). The number of anilines is 1. The van der Waals surface area contributed by atoms with Crippen molar-refractivity contribution in [2.24, 2.45) is 0 Å². The van der Waals surface area contributed by atoms with Crippen molar-refractivity contribution in [3.05, 3.63) is 34.2 Å². The Kier molecular flexibility index (Phi) is 2.23. The van der Waals surface area contributed by atoms with Crippen LogP contribution in [-0.2, 0) is 5.41 Å². The smallest absolute Gasteiger partial charge is 0.259 e. The average Bonchev–Trinajstić information content (AvgIpc) is 2.76. The maximum absolute atomic E-state index is 12.3. The molecule has 2 aromatic heterocycles. The first-order valence-corrected chi connectivity index (χ1v) is 6.18. The van der Waals surface area contributed by atoms with E-state index in [1.54, 1.807) is 6.07 Å². The van der Waals surface area contributed by atoms with Crippen LogP contribution in [0, 0.1) is 0 Å². The summed E-state index contributed by atoms with van der Waals surface area (Å²) in [7, 11) is 0. The third kappa shape index (κ3) is 1.62. The molecule has 0 fully saturated rings. The van der Waals surface area contributed by atoms with Crippen LogP contribution in [0.1, 0.15) is 26.5 Å². The van der Waals surface area contributed by atoms with Crippen LogP contribution in [0.15, 0.2) is 23.0 Å². The second-order valence-electron chi connectivity index (χ2n) is 5.80. The number of hydrogen-bond acceptors (Lipinski definition) is 3. The summed E-state index contributed by atoms with van der Waals surface area (Å²) in [6, 6.07) is 5.54. The number of nitrogens with zero attached hydrogens (tertiary/aromatic N) is 1. The first-order valence-electron chi connectivity index (χ1n) is 6.18. The molecule has 0 saturated heterocycles. The van der Waals surface area contributed by atoms with Gasteiger partial charge in [0.2, 0.25) is 0 Å². The molecular formula is C14H16N4O. The molecule has 2 heterocycles. The number of nitrogen functional groups attached to an aromatic ring is 1. The summed E-state index contributed by atoms with van der Waals surface area (Å²) >= 11 is 0. The van der Waals surface area contributed by atoms with Crippen LogP contribution in [0.4, 0.5) is 5.69 Å². The first kappa shape index (κ1) is 11.8. The van der Waals surface area contributed by atoms with Gasteiger partial charge in [-0.2, -0.15) is 5.10 Å². The molecule has 0 bridgehead atoms. The zero-order valence-electron chi connectivity index (χ0n) is 11.2. The van der Waals surface area contributed by atoms with Crippen molar-refractivity contribution >= 4 is 27.5 Å². The van der Waals surface area contributed by atoms with Gasteiger partial charge in [-0.15, -0.1) is 0 Å². The number of fused-ring (bicyclic) bond motifs is 3. The topological polar surface area (TPSA) is 87.6 Å². The Balaban J connectivity index is 2.56. The second kappa shape index (κ2) is 3.60. The molecular weight excluding hydrogens is 240 g/mol. The van der Waals surface area contributed by atoms with Crippen molar-refractivity contribution in [1.29, 1.82) is 0 Å². The summed E-state index contributed by atoms with van der Waals surface area (Å²) in [5.41, 5.74) is 8.29. The fraction of sp³-hybridized carbons (Fsp3) is 0.286. The van der Waals surface area contributed by atoms with E-state index in [0.29, 0.717) is 22.1 Å². The van der Waals surface area contributed by atoms with Gasteiger partial charge in [0.1, 0.15) is 5.52 Å². The number of H-pyrrole nitrogens is 2. The number of nitrogens with one attached hydrogen (secondary N) is 2. The van der Waals surface area contributed by atoms with Gasteiger partial charge in [-0.1, -0.05) is 32.9 Å². The molecule has 98 valence electrons. The van der Waals surface area contributed by atoms with E-state index in [1.165, 1.54) is 0 Å². The minimum Gasteiger partial charge on any atom is -0.397 e. The molecule has 19 heavy (non-hydrogen) atoms. The Hall–Kier alpha value is -2.30. The average molecular weight is 256 g/mol. The molecule has 0 aliphatic rings. The van der Waals surface area contributed by atoms with Gasteiger partial charge in [0.15, 0.2) is 0 Å². The number of nitrogens with two attached hydrogens (primary N) is 1. The van der Waals surface area contributed by atoms with Crippen LogP contribution in [0.25, 0.3) is 21.8 Å². The molecule has 0 atom stereocenters. The molecule has 0 aliphatic heterocycles. The van der Waals surface area contributed by atoms with Crippen molar-refractivity contribution < 1.29 is 0 Å². The maximum Gasteiger partial charge on any atom is 0.259 e. The van der Waals surface area contributed by atoms with Gasteiger partial charge in [-0.25, -0.2) is 0 Å². The number of hydrogen-bond donors (Lipinski definition) is 3. The van der Waals surface area contributed by atoms with E-state index in [2.05, 4.69) is 15.2 Å². The number of rotatable bonds is 0. The van der Waals surface area contributed by atoms with Crippen LogP contribution in [0.5, 0.6) is 0 Å². The van der Waals surface area contributed by atoms with E-state index < -0.39 is 0 Å². The monoisotopic (exact) mass is 256 g/mol. The Morgan fingerprint density at radius 2 is 2.00 bits per heavy atom. The van der Waals surface area contributed by atoms with Crippen molar-refractivity contribution in [3.8, 4) is 0 Å². The molecule has 0 saturated carbocycles. The maximum atomic E-state index is 12.3. The lowest BCUT2D eigenvalue weighted by atomic mass is 9.90. The number of benzene rings is 1. The Morgan fingerprint density at radius 1 is 1.26 bits per heavy atom. The fourth-order valence-corrected chi connectivity index (χ4v) is 2.38. The number of aromatic nitrogens is 3. The molecule has 0 aliphatic carbocycles. The molecule has 0 spiro atoms. The minimum atomic E-state index is -0.171. The van der Waals surface area contributed by atoms with E-state index in [4.69, 9.17) is 5.73 Å². The van der Waals surface area contributed by atoms with Crippen LogP contribution in [0.2, 0.25) is 0 Å². The van der Waals surface area contributed by atoms with Crippen molar-refractivity contribution in [2.75, 3.05) is 5.73 Å². The highest BCUT2D eigenvalue weighted by atomic mass is 16.1. The molecule has 3 aromatic rings.